The number of carbonyl (C=O) groups excluding carboxylic acids is 1. The predicted molar refractivity (Wildman–Crippen MR) is 71.4 cm³/mol. The van der Waals surface area contributed by atoms with Crippen LogP contribution in [0.15, 0.2) is 0 Å². The van der Waals surface area contributed by atoms with Gasteiger partial charge in [-0.3, -0.25) is 0 Å². The first-order chi connectivity index (χ1) is 8.76. The van der Waals surface area contributed by atoms with Gasteiger partial charge in [-0.05, 0) is 19.3 Å². The summed E-state index contributed by atoms with van der Waals surface area (Å²) in [6.07, 6.45) is 4.96. The summed E-state index contributed by atoms with van der Waals surface area (Å²) >= 11 is 0. The normalized spacial score (nSPS) is 10.9. The van der Waals surface area contributed by atoms with Crippen LogP contribution in [0.4, 0.5) is 0 Å². The molecule has 4 heteroatoms. The summed E-state index contributed by atoms with van der Waals surface area (Å²) in [6, 6.07) is 0. The molecule has 0 aromatic carbocycles. The van der Waals surface area contributed by atoms with Crippen LogP contribution in [0.25, 0.3) is 0 Å². The smallest absolute Gasteiger partial charge is 0.363 e. The third-order valence-corrected chi connectivity index (χ3v) is 2.47. The van der Waals surface area contributed by atoms with E-state index in [9.17, 15) is 4.79 Å². The molecule has 18 heavy (non-hydrogen) atoms. The molecule has 0 radical (unpaired) electrons. The van der Waals surface area contributed by atoms with E-state index in [-0.39, 0.29) is 0 Å². The largest absolute Gasteiger partial charge is 0.462 e. The predicted octanol–water partition coefficient (Wildman–Crippen LogP) is 3.29. The number of rotatable bonds is 12. The zero-order chi connectivity index (χ0) is 13.6. The Hall–Kier alpha value is -0.610. The molecule has 0 aliphatic carbocycles. The molecule has 0 spiro atoms. The molecule has 4 nitrogen and oxygen atoms in total. The summed E-state index contributed by atoms with van der Waals surface area (Å²) in [4.78, 5) is 11.7. The third-order valence-electron chi connectivity index (χ3n) is 2.47. The van der Waals surface area contributed by atoms with Crippen molar-refractivity contribution in [3.63, 3.8) is 0 Å². The van der Waals surface area contributed by atoms with E-state index in [4.69, 9.17) is 14.2 Å². The van der Waals surface area contributed by atoms with E-state index >= 15 is 0 Å². The molecular formula is C14H28O4. The molecule has 0 saturated heterocycles. The van der Waals surface area contributed by atoms with Crippen molar-refractivity contribution in [2.24, 2.45) is 0 Å². The van der Waals surface area contributed by atoms with E-state index in [0.717, 1.165) is 38.5 Å². The van der Waals surface area contributed by atoms with Crippen LogP contribution in [-0.2, 0) is 19.0 Å². The Morgan fingerprint density at radius 1 is 0.833 bits per heavy atom. The lowest BCUT2D eigenvalue weighted by atomic mass is 10.3. The minimum Gasteiger partial charge on any atom is -0.462 e. The minimum absolute atomic E-state index is 0.393. The molecule has 0 rings (SSSR count). The molecule has 0 aromatic heterocycles. The van der Waals surface area contributed by atoms with Crippen molar-refractivity contribution in [1.82, 2.24) is 0 Å². The fraction of sp³-hybridized carbons (Fsp3) is 0.929. The van der Waals surface area contributed by atoms with Crippen LogP contribution in [0.5, 0.6) is 0 Å². The average Bonchev–Trinajstić information content (AvgIpc) is 2.37. The topological polar surface area (TPSA) is 44.8 Å². The lowest BCUT2D eigenvalue weighted by molar-refractivity contribution is -0.195. The van der Waals surface area contributed by atoms with Crippen LogP contribution >= 0.6 is 0 Å². The first-order valence-corrected chi connectivity index (χ1v) is 7.16. The number of hydrogen-bond donors (Lipinski definition) is 0. The molecule has 0 heterocycles. The van der Waals surface area contributed by atoms with Gasteiger partial charge in [0.2, 0.25) is 0 Å². The maximum absolute atomic E-state index is 11.7. The first kappa shape index (κ1) is 17.4. The zero-order valence-corrected chi connectivity index (χ0v) is 12.1. The van der Waals surface area contributed by atoms with Crippen LogP contribution in [-0.4, -0.2) is 32.1 Å². The van der Waals surface area contributed by atoms with Crippen LogP contribution in [0.3, 0.4) is 0 Å². The SMILES string of the molecule is CCCCOC(=O)C(OCCCC)OCCCC. The summed E-state index contributed by atoms with van der Waals surface area (Å²) in [5.41, 5.74) is 0. The lowest BCUT2D eigenvalue weighted by Gasteiger charge is -2.17. The van der Waals surface area contributed by atoms with Gasteiger partial charge in [0, 0.05) is 0 Å². The van der Waals surface area contributed by atoms with E-state index in [1.807, 2.05) is 0 Å². The Labute approximate surface area is 111 Å². The fourth-order valence-electron chi connectivity index (χ4n) is 1.24. The number of hydrogen-bond acceptors (Lipinski definition) is 4. The Morgan fingerprint density at radius 2 is 1.28 bits per heavy atom. The van der Waals surface area contributed by atoms with E-state index in [1.54, 1.807) is 0 Å². The standard InChI is InChI=1S/C14H28O4/c1-4-7-10-16-13(15)14(17-11-8-5-2)18-12-9-6-3/h14H,4-12H2,1-3H3. The van der Waals surface area contributed by atoms with Crippen LogP contribution in [0, 0.1) is 0 Å². The second-order valence-electron chi connectivity index (χ2n) is 4.30. The maximum Gasteiger partial charge on any atom is 0.363 e. The molecule has 0 amide bonds. The molecule has 0 saturated carbocycles. The summed E-state index contributed by atoms with van der Waals surface area (Å²) in [6.45, 7) is 7.74. The average molecular weight is 260 g/mol. The van der Waals surface area contributed by atoms with E-state index in [0.29, 0.717) is 19.8 Å². The Balaban J connectivity index is 3.95. The van der Waals surface area contributed by atoms with Crippen molar-refractivity contribution in [3.05, 3.63) is 0 Å². The maximum atomic E-state index is 11.7. The lowest BCUT2D eigenvalue weighted by Crippen LogP contribution is -2.30. The minimum atomic E-state index is -0.847. The first-order valence-electron chi connectivity index (χ1n) is 7.16. The summed E-state index contributed by atoms with van der Waals surface area (Å²) < 4.78 is 16.0. The molecule has 0 aliphatic rings. The monoisotopic (exact) mass is 260 g/mol. The number of esters is 1. The molecule has 0 N–H and O–H groups in total. The van der Waals surface area contributed by atoms with Gasteiger partial charge >= 0.3 is 5.97 Å². The highest BCUT2D eigenvalue weighted by molar-refractivity contribution is 5.73. The quantitative estimate of drug-likeness (QED) is 0.307. The van der Waals surface area contributed by atoms with Crippen LogP contribution in [0.1, 0.15) is 59.3 Å². The van der Waals surface area contributed by atoms with Crippen molar-refractivity contribution in [2.45, 2.75) is 65.6 Å². The second-order valence-corrected chi connectivity index (χ2v) is 4.30. The number of ether oxygens (including phenoxy) is 3. The number of unbranched alkanes of at least 4 members (excludes halogenated alkanes) is 3. The highest BCUT2D eigenvalue weighted by Gasteiger charge is 2.21. The highest BCUT2D eigenvalue weighted by Crippen LogP contribution is 2.04. The van der Waals surface area contributed by atoms with Gasteiger partial charge in [-0.15, -0.1) is 0 Å². The summed E-state index contributed by atoms with van der Waals surface area (Å²) in [5, 5.41) is 0. The molecule has 108 valence electrons. The van der Waals surface area contributed by atoms with E-state index < -0.39 is 12.3 Å². The van der Waals surface area contributed by atoms with Gasteiger partial charge < -0.3 is 14.2 Å². The van der Waals surface area contributed by atoms with Crippen LogP contribution < -0.4 is 0 Å². The van der Waals surface area contributed by atoms with Gasteiger partial charge in [0.15, 0.2) is 0 Å². The second kappa shape index (κ2) is 12.8. The number of carbonyl (C=O) groups is 1. The zero-order valence-electron chi connectivity index (χ0n) is 12.1. The van der Waals surface area contributed by atoms with E-state index in [1.165, 1.54) is 0 Å². The van der Waals surface area contributed by atoms with Gasteiger partial charge in [0.25, 0.3) is 6.29 Å². The van der Waals surface area contributed by atoms with Crippen molar-refractivity contribution in [2.75, 3.05) is 19.8 Å². The van der Waals surface area contributed by atoms with Crippen molar-refractivity contribution in [1.29, 1.82) is 0 Å². The Bertz CT molecular complexity index is 184. The summed E-state index contributed by atoms with van der Waals surface area (Å²) in [7, 11) is 0. The Morgan fingerprint density at radius 3 is 1.72 bits per heavy atom. The summed E-state index contributed by atoms with van der Waals surface area (Å²) in [5.74, 6) is -0.393. The fourth-order valence-corrected chi connectivity index (χ4v) is 1.24. The van der Waals surface area contributed by atoms with Gasteiger partial charge in [0.1, 0.15) is 0 Å². The van der Waals surface area contributed by atoms with Crippen molar-refractivity contribution >= 4 is 5.97 Å². The van der Waals surface area contributed by atoms with Crippen molar-refractivity contribution < 1.29 is 19.0 Å². The molecule has 0 aliphatic heterocycles. The molecule has 0 bridgehead atoms. The molecular weight excluding hydrogens is 232 g/mol. The third kappa shape index (κ3) is 9.42. The van der Waals surface area contributed by atoms with Gasteiger partial charge in [-0.25, -0.2) is 4.79 Å². The molecule has 0 aromatic rings. The Kier molecular flexibility index (Phi) is 12.4. The molecule has 0 fully saturated rings. The van der Waals surface area contributed by atoms with Gasteiger partial charge in [-0.2, -0.15) is 0 Å². The molecule has 0 unspecified atom stereocenters. The van der Waals surface area contributed by atoms with Crippen LogP contribution in [0.2, 0.25) is 0 Å². The van der Waals surface area contributed by atoms with E-state index in [2.05, 4.69) is 20.8 Å². The highest BCUT2D eigenvalue weighted by atomic mass is 16.7. The van der Waals surface area contributed by atoms with Gasteiger partial charge in [-0.1, -0.05) is 40.0 Å². The van der Waals surface area contributed by atoms with Gasteiger partial charge in [0.05, 0.1) is 19.8 Å². The van der Waals surface area contributed by atoms with Crippen molar-refractivity contribution in [3.8, 4) is 0 Å². The molecule has 0 atom stereocenters.